The van der Waals surface area contributed by atoms with E-state index in [0.717, 1.165) is 6.07 Å². The standard InChI is InChI=1S/C12H17FN2O3/c1-17-7-8(6-14)15-12(16)10-4-3-9(18-2)5-11(10)13/h3-5,8H,6-7,14H2,1-2H3,(H,15,16). The van der Waals surface area contributed by atoms with Gasteiger partial charge in [0.2, 0.25) is 0 Å². The minimum Gasteiger partial charge on any atom is -0.497 e. The molecule has 0 bridgehead atoms. The van der Waals surface area contributed by atoms with Crippen molar-refractivity contribution in [3.05, 3.63) is 29.6 Å². The highest BCUT2D eigenvalue weighted by Crippen LogP contribution is 2.16. The quantitative estimate of drug-likeness (QED) is 0.779. The van der Waals surface area contributed by atoms with Gasteiger partial charge in [0.05, 0.1) is 25.3 Å². The van der Waals surface area contributed by atoms with Crippen molar-refractivity contribution in [2.45, 2.75) is 6.04 Å². The molecule has 1 atom stereocenters. The summed E-state index contributed by atoms with van der Waals surface area (Å²) in [6.07, 6.45) is 0. The van der Waals surface area contributed by atoms with E-state index in [-0.39, 0.29) is 24.8 Å². The molecule has 0 aromatic heterocycles. The van der Waals surface area contributed by atoms with Gasteiger partial charge in [-0.15, -0.1) is 0 Å². The second-order valence-electron chi connectivity index (χ2n) is 3.71. The smallest absolute Gasteiger partial charge is 0.254 e. The Morgan fingerprint density at radius 2 is 2.22 bits per heavy atom. The van der Waals surface area contributed by atoms with Crippen molar-refractivity contribution in [2.24, 2.45) is 5.73 Å². The summed E-state index contributed by atoms with van der Waals surface area (Å²) in [5.41, 5.74) is 5.41. The van der Waals surface area contributed by atoms with E-state index in [1.807, 2.05) is 0 Å². The van der Waals surface area contributed by atoms with E-state index in [1.165, 1.54) is 26.4 Å². The highest BCUT2D eigenvalue weighted by atomic mass is 19.1. The van der Waals surface area contributed by atoms with Crippen LogP contribution < -0.4 is 15.8 Å². The number of halogens is 1. The minimum atomic E-state index is -0.639. The lowest BCUT2D eigenvalue weighted by molar-refractivity contribution is 0.0896. The number of amides is 1. The fourth-order valence-corrected chi connectivity index (χ4v) is 1.44. The molecule has 0 fully saturated rings. The molecule has 3 N–H and O–H groups in total. The summed E-state index contributed by atoms with van der Waals surface area (Å²) in [5, 5.41) is 2.59. The average molecular weight is 256 g/mol. The molecule has 1 rings (SSSR count). The number of benzene rings is 1. The summed E-state index contributed by atoms with van der Waals surface area (Å²) in [7, 11) is 2.93. The van der Waals surface area contributed by atoms with Crippen LogP contribution in [0.2, 0.25) is 0 Å². The van der Waals surface area contributed by atoms with Crippen LogP contribution >= 0.6 is 0 Å². The van der Waals surface area contributed by atoms with Gasteiger partial charge >= 0.3 is 0 Å². The number of hydrogen-bond acceptors (Lipinski definition) is 4. The van der Waals surface area contributed by atoms with Crippen molar-refractivity contribution < 1.29 is 18.7 Å². The Bertz CT molecular complexity index is 412. The van der Waals surface area contributed by atoms with E-state index < -0.39 is 11.7 Å². The molecule has 18 heavy (non-hydrogen) atoms. The molecule has 0 saturated carbocycles. The fraction of sp³-hybridized carbons (Fsp3) is 0.417. The average Bonchev–Trinajstić information content (AvgIpc) is 2.37. The summed E-state index contributed by atoms with van der Waals surface area (Å²) in [6.45, 7) is 0.497. The summed E-state index contributed by atoms with van der Waals surface area (Å²) in [4.78, 5) is 11.8. The molecular weight excluding hydrogens is 239 g/mol. The van der Waals surface area contributed by atoms with E-state index in [2.05, 4.69) is 5.32 Å². The van der Waals surface area contributed by atoms with Crippen LogP contribution in [0.1, 0.15) is 10.4 Å². The third-order valence-electron chi connectivity index (χ3n) is 2.41. The maximum Gasteiger partial charge on any atom is 0.254 e. The summed E-state index contributed by atoms with van der Waals surface area (Å²) in [6, 6.07) is 3.70. The maximum atomic E-state index is 13.6. The first kappa shape index (κ1) is 14.4. The predicted molar refractivity (Wildman–Crippen MR) is 65.1 cm³/mol. The molecule has 1 unspecified atom stereocenters. The SMILES string of the molecule is COCC(CN)NC(=O)c1ccc(OC)cc1F. The van der Waals surface area contributed by atoms with Gasteiger partial charge in [-0.05, 0) is 12.1 Å². The number of ether oxygens (including phenoxy) is 2. The molecule has 0 aliphatic rings. The zero-order valence-electron chi connectivity index (χ0n) is 10.4. The van der Waals surface area contributed by atoms with Crippen molar-refractivity contribution in [3.63, 3.8) is 0 Å². The number of carbonyl (C=O) groups is 1. The number of methoxy groups -OCH3 is 2. The van der Waals surface area contributed by atoms with E-state index in [9.17, 15) is 9.18 Å². The molecule has 6 heteroatoms. The molecule has 1 amide bonds. The van der Waals surface area contributed by atoms with Crippen LogP contribution in [0.25, 0.3) is 0 Å². The molecule has 1 aromatic carbocycles. The Morgan fingerprint density at radius 1 is 1.50 bits per heavy atom. The third-order valence-corrected chi connectivity index (χ3v) is 2.41. The van der Waals surface area contributed by atoms with Gasteiger partial charge < -0.3 is 20.5 Å². The lowest BCUT2D eigenvalue weighted by Crippen LogP contribution is -2.43. The van der Waals surface area contributed by atoms with Gasteiger partial charge in [0.15, 0.2) is 0 Å². The lowest BCUT2D eigenvalue weighted by atomic mass is 10.1. The zero-order valence-corrected chi connectivity index (χ0v) is 10.4. The zero-order chi connectivity index (χ0) is 13.5. The van der Waals surface area contributed by atoms with E-state index in [1.54, 1.807) is 0 Å². The highest BCUT2D eigenvalue weighted by molar-refractivity contribution is 5.94. The fourth-order valence-electron chi connectivity index (χ4n) is 1.44. The van der Waals surface area contributed by atoms with Gasteiger partial charge in [-0.1, -0.05) is 0 Å². The molecule has 0 radical (unpaired) electrons. The lowest BCUT2D eigenvalue weighted by Gasteiger charge is -2.16. The van der Waals surface area contributed by atoms with Crippen LogP contribution in [-0.4, -0.2) is 39.3 Å². The largest absolute Gasteiger partial charge is 0.497 e. The third kappa shape index (κ3) is 3.68. The van der Waals surface area contributed by atoms with Gasteiger partial charge in [0.1, 0.15) is 11.6 Å². The Balaban J connectivity index is 2.77. The number of nitrogens with one attached hydrogen (secondary N) is 1. The molecule has 0 heterocycles. The Labute approximate surface area is 105 Å². The van der Waals surface area contributed by atoms with Crippen LogP contribution in [0.5, 0.6) is 5.75 Å². The van der Waals surface area contributed by atoms with Gasteiger partial charge in [0.25, 0.3) is 5.91 Å². The summed E-state index contributed by atoms with van der Waals surface area (Å²) >= 11 is 0. The van der Waals surface area contributed by atoms with Crippen molar-refractivity contribution in [2.75, 3.05) is 27.4 Å². The molecule has 100 valence electrons. The molecule has 0 spiro atoms. The van der Waals surface area contributed by atoms with Crippen molar-refractivity contribution >= 4 is 5.91 Å². The van der Waals surface area contributed by atoms with Crippen LogP contribution in [0.4, 0.5) is 4.39 Å². The number of hydrogen-bond donors (Lipinski definition) is 2. The van der Waals surface area contributed by atoms with Crippen molar-refractivity contribution in [1.82, 2.24) is 5.32 Å². The van der Waals surface area contributed by atoms with Gasteiger partial charge in [-0.2, -0.15) is 0 Å². The van der Waals surface area contributed by atoms with Crippen molar-refractivity contribution in [1.29, 1.82) is 0 Å². The molecule has 0 aliphatic carbocycles. The second kappa shape index (κ2) is 6.93. The number of carbonyl (C=O) groups excluding carboxylic acids is 1. The van der Waals surface area contributed by atoms with E-state index >= 15 is 0 Å². The molecule has 5 nitrogen and oxygen atoms in total. The van der Waals surface area contributed by atoms with Crippen LogP contribution in [0.3, 0.4) is 0 Å². The second-order valence-corrected chi connectivity index (χ2v) is 3.71. The van der Waals surface area contributed by atoms with E-state index in [4.69, 9.17) is 15.2 Å². The van der Waals surface area contributed by atoms with Crippen LogP contribution in [0.15, 0.2) is 18.2 Å². The van der Waals surface area contributed by atoms with Crippen LogP contribution in [-0.2, 0) is 4.74 Å². The molecular formula is C12H17FN2O3. The summed E-state index contributed by atoms with van der Waals surface area (Å²) in [5.74, 6) is -0.806. The van der Waals surface area contributed by atoms with Crippen LogP contribution in [0, 0.1) is 5.82 Å². The Kier molecular flexibility index (Phi) is 5.54. The maximum absolute atomic E-state index is 13.6. The first-order valence-corrected chi connectivity index (χ1v) is 5.45. The minimum absolute atomic E-state index is 0.0506. The molecule has 0 saturated heterocycles. The number of nitrogens with two attached hydrogens (primary N) is 1. The Hall–Kier alpha value is -1.66. The monoisotopic (exact) mass is 256 g/mol. The topological polar surface area (TPSA) is 73.6 Å². The van der Waals surface area contributed by atoms with E-state index in [0.29, 0.717) is 5.75 Å². The van der Waals surface area contributed by atoms with Gasteiger partial charge in [-0.3, -0.25) is 4.79 Å². The first-order chi connectivity index (χ1) is 8.62. The van der Waals surface area contributed by atoms with Crippen molar-refractivity contribution in [3.8, 4) is 5.75 Å². The summed E-state index contributed by atoms with van der Waals surface area (Å²) < 4.78 is 23.4. The molecule has 0 aliphatic heterocycles. The normalized spacial score (nSPS) is 12.0. The van der Waals surface area contributed by atoms with Gasteiger partial charge in [-0.25, -0.2) is 4.39 Å². The number of rotatable bonds is 6. The predicted octanol–water partition coefficient (Wildman–Crippen LogP) is 0.538. The first-order valence-electron chi connectivity index (χ1n) is 5.45. The highest BCUT2D eigenvalue weighted by Gasteiger charge is 2.16. The Morgan fingerprint density at radius 3 is 2.72 bits per heavy atom. The molecule has 1 aromatic rings. The van der Waals surface area contributed by atoms with Gasteiger partial charge in [0, 0.05) is 19.7 Å².